The fourth-order valence-electron chi connectivity index (χ4n) is 2.99. The molecule has 0 saturated carbocycles. The summed E-state index contributed by atoms with van der Waals surface area (Å²) in [5, 5.41) is 18.6. The van der Waals surface area contributed by atoms with Crippen LogP contribution in [0.1, 0.15) is 25.5 Å². The van der Waals surface area contributed by atoms with Crippen LogP contribution in [0.15, 0.2) is 53.7 Å². The van der Waals surface area contributed by atoms with Gasteiger partial charge in [0.05, 0.1) is 18.2 Å². The molecule has 0 aromatic heterocycles. The van der Waals surface area contributed by atoms with Crippen molar-refractivity contribution in [3.8, 4) is 11.5 Å². The van der Waals surface area contributed by atoms with E-state index in [0.29, 0.717) is 34.2 Å². The van der Waals surface area contributed by atoms with Gasteiger partial charge in [0.25, 0.3) is 5.91 Å². The highest BCUT2D eigenvalue weighted by Crippen LogP contribution is 2.34. The molecule has 3 amide bonds. The molecule has 0 spiro atoms. The van der Waals surface area contributed by atoms with Gasteiger partial charge in [0.1, 0.15) is 0 Å². The van der Waals surface area contributed by atoms with Crippen molar-refractivity contribution in [3.63, 3.8) is 0 Å². The Bertz CT molecular complexity index is 958. The van der Waals surface area contributed by atoms with Crippen LogP contribution in [-0.2, 0) is 4.79 Å². The number of hydrogen-bond donors (Lipinski definition) is 4. The number of aromatic hydroxyl groups is 1. The van der Waals surface area contributed by atoms with Gasteiger partial charge in [-0.15, -0.1) is 0 Å². The first-order chi connectivity index (χ1) is 13.4. The Balaban J connectivity index is 1.97. The summed E-state index contributed by atoms with van der Waals surface area (Å²) < 4.78 is 5.42. The van der Waals surface area contributed by atoms with Gasteiger partial charge < -0.3 is 25.8 Å². The number of nitrogens with one attached hydrogen (secondary N) is 3. The smallest absolute Gasteiger partial charge is 0.319 e. The monoisotopic (exact) mass is 401 g/mol. The van der Waals surface area contributed by atoms with Gasteiger partial charge in [-0.05, 0) is 49.7 Å². The van der Waals surface area contributed by atoms with Crippen molar-refractivity contribution in [1.29, 1.82) is 0 Å². The van der Waals surface area contributed by atoms with Crippen LogP contribution in [0.5, 0.6) is 11.5 Å². The topological polar surface area (TPSA) is 99.7 Å². The van der Waals surface area contributed by atoms with E-state index in [4.69, 9.17) is 16.3 Å². The molecule has 1 aliphatic heterocycles. The molecule has 2 aromatic carbocycles. The molecule has 0 fully saturated rings. The molecule has 28 heavy (non-hydrogen) atoms. The summed E-state index contributed by atoms with van der Waals surface area (Å²) in [6.45, 7) is 3.82. The van der Waals surface area contributed by atoms with E-state index in [1.165, 1.54) is 6.07 Å². The van der Waals surface area contributed by atoms with Crippen molar-refractivity contribution in [3.05, 3.63) is 64.3 Å². The standard InChI is InChI=1S/C20H20ClN3O4/c1-3-28-16-9-12(7-8-15(16)25)18-17(11(2)22-20(27)24-18)19(26)23-14-6-4-5-13(21)10-14/h4-10,18,25H,3H2,1-2H3,(H,23,26)(H2,22,24,27). The maximum atomic E-state index is 13.0. The van der Waals surface area contributed by atoms with Gasteiger partial charge in [0, 0.05) is 16.4 Å². The Hall–Kier alpha value is -3.19. The summed E-state index contributed by atoms with van der Waals surface area (Å²) in [4.78, 5) is 25.0. The van der Waals surface area contributed by atoms with Gasteiger partial charge in [0.2, 0.25) is 0 Å². The van der Waals surface area contributed by atoms with Gasteiger partial charge in [-0.25, -0.2) is 4.79 Å². The number of urea groups is 1. The average molecular weight is 402 g/mol. The second-order valence-corrected chi connectivity index (χ2v) is 6.63. The molecule has 146 valence electrons. The second-order valence-electron chi connectivity index (χ2n) is 6.19. The van der Waals surface area contributed by atoms with Crippen LogP contribution in [0.3, 0.4) is 0 Å². The van der Waals surface area contributed by atoms with Crippen molar-refractivity contribution in [1.82, 2.24) is 10.6 Å². The van der Waals surface area contributed by atoms with E-state index in [0.717, 1.165) is 0 Å². The molecule has 0 aliphatic carbocycles. The number of anilines is 1. The Morgan fingerprint density at radius 2 is 2.07 bits per heavy atom. The normalized spacial score (nSPS) is 16.2. The molecule has 1 unspecified atom stereocenters. The number of carbonyl (C=O) groups excluding carboxylic acids is 2. The van der Waals surface area contributed by atoms with Gasteiger partial charge in [-0.3, -0.25) is 4.79 Å². The number of phenols is 1. The molecule has 0 bridgehead atoms. The molecular formula is C20H20ClN3O4. The summed E-state index contributed by atoms with van der Waals surface area (Å²) in [5.74, 6) is -0.125. The lowest BCUT2D eigenvalue weighted by Gasteiger charge is -2.29. The summed E-state index contributed by atoms with van der Waals surface area (Å²) in [5.41, 5.74) is 1.91. The molecule has 7 nitrogen and oxygen atoms in total. The minimum atomic E-state index is -0.715. The van der Waals surface area contributed by atoms with E-state index in [2.05, 4.69) is 16.0 Å². The van der Waals surface area contributed by atoms with Crippen molar-refractivity contribution in [2.45, 2.75) is 19.9 Å². The lowest BCUT2D eigenvalue weighted by atomic mass is 9.94. The van der Waals surface area contributed by atoms with Crippen molar-refractivity contribution >= 4 is 29.2 Å². The maximum Gasteiger partial charge on any atom is 0.319 e. The number of ether oxygens (including phenoxy) is 1. The average Bonchev–Trinajstić information content (AvgIpc) is 2.63. The van der Waals surface area contributed by atoms with Crippen molar-refractivity contribution in [2.75, 3.05) is 11.9 Å². The van der Waals surface area contributed by atoms with E-state index in [-0.39, 0.29) is 17.4 Å². The quantitative estimate of drug-likeness (QED) is 0.613. The van der Waals surface area contributed by atoms with Crippen molar-refractivity contribution in [2.24, 2.45) is 0 Å². The fraction of sp³-hybridized carbons (Fsp3) is 0.200. The summed E-state index contributed by atoms with van der Waals surface area (Å²) >= 11 is 5.98. The first kappa shape index (κ1) is 19.6. The zero-order valence-corrected chi connectivity index (χ0v) is 16.1. The summed E-state index contributed by atoms with van der Waals surface area (Å²) in [7, 11) is 0. The minimum absolute atomic E-state index is 0.0171. The van der Waals surface area contributed by atoms with Crippen LogP contribution in [0, 0.1) is 0 Å². The molecule has 3 rings (SSSR count). The number of rotatable bonds is 5. The van der Waals surface area contributed by atoms with E-state index < -0.39 is 12.1 Å². The zero-order valence-electron chi connectivity index (χ0n) is 15.4. The SMILES string of the molecule is CCOc1cc(C2NC(=O)NC(C)=C2C(=O)Nc2cccc(Cl)c2)ccc1O. The predicted octanol–water partition coefficient (Wildman–Crippen LogP) is 3.71. The van der Waals surface area contributed by atoms with E-state index in [1.54, 1.807) is 50.2 Å². The van der Waals surface area contributed by atoms with E-state index in [1.807, 2.05) is 0 Å². The van der Waals surface area contributed by atoms with Gasteiger partial charge in [0.15, 0.2) is 11.5 Å². The molecule has 2 aromatic rings. The van der Waals surface area contributed by atoms with Crippen LogP contribution >= 0.6 is 11.6 Å². The van der Waals surface area contributed by atoms with Crippen LogP contribution in [0.25, 0.3) is 0 Å². The fourth-order valence-corrected chi connectivity index (χ4v) is 3.18. The predicted molar refractivity (Wildman–Crippen MR) is 106 cm³/mol. The number of allylic oxidation sites excluding steroid dienone is 1. The minimum Gasteiger partial charge on any atom is -0.504 e. The third-order valence-corrected chi connectivity index (χ3v) is 4.45. The van der Waals surface area contributed by atoms with Crippen LogP contribution in [0.2, 0.25) is 5.02 Å². The Morgan fingerprint density at radius 3 is 2.79 bits per heavy atom. The van der Waals surface area contributed by atoms with Gasteiger partial charge in [-0.1, -0.05) is 23.7 Å². The lowest BCUT2D eigenvalue weighted by Crippen LogP contribution is -2.45. The number of halogens is 1. The molecule has 1 heterocycles. The molecule has 1 aliphatic rings. The number of carbonyl (C=O) groups is 2. The van der Waals surface area contributed by atoms with Crippen LogP contribution in [0.4, 0.5) is 10.5 Å². The largest absolute Gasteiger partial charge is 0.504 e. The molecule has 0 saturated heterocycles. The highest BCUT2D eigenvalue weighted by molar-refractivity contribution is 6.31. The van der Waals surface area contributed by atoms with Gasteiger partial charge in [-0.2, -0.15) is 0 Å². The number of benzene rings is 2. The molecular weight excluding hydrogens is 382 g/mol. The van der Waals surface area contributed by atoms with E-state index >= 15 is 0 Å². The Kier molecular flexibility index (Phi) is 5.75. The Morgan fingerprint density at radius 1 is 1.29 bits per heavy atom. The Labute approximate surface area is 167 Å². The number of amides is 3. The molecule has 8 heteroatoms. The van der Waals surface area contributed by atoms with Crippen LogP contribution < -0.4 is 20.7 Å². The highest BCUT2D eigenvalue weighted by Gasteiger charge is 2.31. The zero-order chi connectivity index (χ0) is 20.3. The van der Waals surface area contributed by atoms with Gasteiger partial charge >= 0.3 is 6.03 Å². The maximum absolute atomic E-state index is 13.0. The number of phenolic OH excluding ortho intramolecular Hbond substituents is 1. The number of hydrogen-bond acceptors (Lipinski definition) is 4. The summed E-state index contributed by atoms with van der Waals surface area (Å²) in [6.07, 6.45) is 0. The van der Waals surface area contributed by atoms with E-state index in [9.17, 15) is 14.7 Å². The molecule has 0 radical (unpaired) electrons. The molecule has 4 N–H and O–H groups in total. The highest BCUT2D eigenvalue weighted by atomic mass is 35.5. The third-order valence-electron chi connectivity index (χ3n) is 4.21. The third kappa shape index (κ3) is 4.20. The molecule has 1 atom stereocenters. The second kappa shape index (κ2) is 8.22. The summed E-state index contributed by atoms with van der Waals surface area (Å²) in [6, 6.07) is 10.4. The van der Waals surface area contributed by atoms with Crippen LogP contribution in [-0.4, -0.2) is 23.7 Å². The lowest BCUT2D eigenvalue weighted by molar-refractivity contribution is -0.113. The first-order valence-electron chi connectivity index (χ1n) is 8.70. The first-order valence-corrected chi connectivity index (χ1v) is 9.07. The van der Waals surface area contributed by atoms with Crippen molar-refractivity contribution < 1.29 is 19.4 Å².